The molecular weight excluding hydrogens is 258 g/mol. The maximum Gasteiger partial charge on any atom is 0.127 e. The van der Waals surface area contributed by atoms with Gasteiger partial charge in [0.15, 0.2) is 0 Å². The van der Waals surface area contributed by atoms with Crippen molar-refractivity contribution in [2.24, 2.45) is 13.0 Å². The second-order valence-electron chi connectivity index (χ2n) is 6.35. The summed E-state index contributed by atoms with van der Waals surface area (Å²) in [6, 6.07) is 8.98. The van der Waals surface area contributed by atoms with E-state index in [0.29, 0.717) is 6.04 Å². The summed E-state index contributed by atoms with van der Waals surface area (Å²) >= 11 is 0. The van der Waals surface area contributed by atoms with Crippen LogP contribution in [0, 0.1) is 5.92 Å². The Kier molecular flexibility index (Phi) is 4.29. The molecule has 0 saturated carbocycles. The Morgan fingerprint density at radius 2 is 2.00 bits per heavy atom. The standard InChI is InChI=1S/C18H27N3/c1-4-14(5-2)13-21-12-8-11-17(21)18-19-15-9-6-7-10-16(15)20(18)3/h6-7,9-10,14,17H,4-5,8,11-13H2,1-3H3. The van der Waals surface area contributed by atoms with Gasteiger partial charge >= 0.3 is 0 Å². The molecule has 3 nitrogen and oxygen atoms in total. The average molecular weight is 285 g/mol. The molecule has 2 heterocycles. The van der Waals surface area contributed by atoms with Crippen LogP contribution in [0.5, 0.6) is 0 Å². The highest BCUT2D eigenvalue weighted by Crippen LogP contribution is 2.33. The molecule has 0 radical (unpaired) electrons. The lowest BCUT2D eigenvalue weighted by molar-refractivity contribution is 0.201. The van der Waals surface area contributed by atoms with Gasteiger partial charge in [0.05, 0.1) is 17.1 Å². The normalized spacial score (nSPS) is 19.9. The van der Waals surface area contributed by atoms with Gasteiger partial charge < -0.3 is 4.57 Å². The van der Waals surface area contributed by atoms with Crippen molar-refractivity contribution in [3.05, 3.63) is 30.1 Å². The van der Waals surface area contributed by atoms with Gasteiger partial charge in [0, 0.05) is 13.6 Å². The molecule has 114 valence electrons. The Balaban J connectivity index is 1.88. The number of aryl methyl sites for hydroxylation is 1. The van der Waals surface area contributed by atoms with Crippen molar-refractivity contribution in [2.75, 3.05) is 13.1 Å². The molecule has 0 spiro atoms. The number of nitrogens with zero attached hydrogens (tertiary/aromatic N) is 3. The summed E-state index contributed by atoms with van der Waals surface area (Å²) in [6.45, 7) is 7.08. The van der Waals surface area contributed by atoms with E-state index in [2.05, 4.69) is 54.6 Å². The highest BCUT2D eigenvalue weighted by molar-refractivity contribution is 5.75. The maximum absolute atomic E-state index is 4.92. The third kappa shape index (κ3) is 2.71. The largest absolute Gasteiger partial charge is 0.330 e. The number of hydrogen-bond donors (Lipinski definition) is 0. The predicted octanol–water partition coefficient (Wildman–Crippen LogP) is 4.15. The van der Waals surface area contributed by atoms with E-state index < -0.39 is 0 Å². The van der Waals surface area contributed by atoms with Gasteiger partial charge in [-0.1, -0.05) is 38.8 Å². The fourth-order valence-electron chi connectivity index (χ4n) is 3.68. The number of hydrogen-bond acceptors (Lipinski definition) is 2. The molecule has 1 aromatic heterocycles. The van der Waals surface area contributed by atoms with Gasteiger partial charge in [-0.25, -0.2) is 4.98 Å². The van der Waals surface area contributed by atoms with E-state index in [1.165, 1.54) is 50.1 Å². The SMILES string of the molecule is CCC(CC)CN1CCCC1c1nc2ccccc2n1C. The maximum atomic E-state index is 4.92. The second-order valence-corrected chi connectivity index (χ2v) is 6.35. The van der Waals surface area contributed by atoms with Crippen molar-refractivity contribution in [2.45, 2.75) is 45.6 Å². The van der Waals surface area contributed by atoms with Crippen LogP contribution in [0.4, 0.5) is 0 Å². The Hall–Kier alpha value is -1.35. The first-order chi connectivity index (χ1) is 10.2. The Morgan fingerprint density at radius 3 is 2.71 bits per heavy atom. The van der Waals surface area contributed by atoms with E-state index in [1.807, 2.05) is 0 Å². The fourth-order valence-corrected chi connectivity index (χ4v) is 3.68. The number of para-hydroxylation sites is 2. The molecule has 1 atom stereocenters. The minimum atomic E-state index is 0.503. The van der Waals surface area contributed by atoms with E-state index >= 15 is 0 Å². The van der Waals surface area contributed by atoms with E-state index in [4.69, 9.17) is 4.98 Å². The molecule has 0 aliphatic carbocycles. The van der Waals surface area contributed by atoms with Crippen molar-refractivity contribution < 1.29 is 0 Å². The molecule has 3 heteroatoms. The van der Waals surface area contributed by atoms with Gasteiger partial charge in [0.2, 0.25) is 0 Å². The minimum absolute atomic E-state index is 0.503. The van der Waals surface area contributed by atoms with Gasteiger partial charge in [-0.15, -0.1) is 0 Å². The van der Waals surface area contributed by atoms with Crippen LogP contribution >= 0.6 is 0 Å². The van der Waals surface area contributed by atoms with Crippen molar-refractivity contribution >= 4 is 11.0 Å². The summed E-state index contributed by atoms with van der Waals surface area (Å²) in [6.07, 6.45) is 5.11. The molecule has 1 unspecified atom stereocenters. The summed E-state index contributed by atoms with van der Waals surface area (Å²) in [5, 5.41) is 0. The number of fused-ring (bicyclic) bond motifs is 1. The van der Waals surface area contributed by atoms with E-state index in [0.717, 1.165) is 11.4 Å². The van der Waals surface area contributed by atoms with Crippen molar-refractivity contribution in [1.82, 2.24) is 14.5 Å². The molecule has 3 rings (SSSR count). The average Bonchev–Trinajstić information content (AvgIpc) is 3.09. The minimum Gasteiger partial charge on any atom is -0.330 e. The van der Waals surface area contributed by atoms with Crippen LogP contribution in [-0.4, -0.2) is 27.5 Å². The summed E-state index contributed by atoms with van der Waals surface area (Å²) in [5.74, 6) is 2.07. The Bertz CT molecular complexity index is 598. The summed E-state index contributed by atoms with van der Waals surface area (Å²) < 4.78 is 2.30. The molecular formula is C18H27N3. The lowest BCUT2D eigenvalue weighted by Gasteiger charge is -2.27. The molecule has 0 bridgehead atoms. The van der Waals surface area contributed by atoms with E-state index in [-0.39, 0.29) is 0 Å². The smallest absolute Gasteiger partial charge is 0.127 e. The van der Waals surface area contributed by atoms with Gasteiger partial charge in [-0.2, -0.15) is 0 Å². The summed E-state index contributed by atoms with van der Waals surface area (Å²) in [5.41, 5.74) is 2.38. The fraction of sp³-hybridized carbons (Fsp3) is 0.611. The third-order valence-electron chi connectivity index (χ3n) is 5.13. The number of benzene rings is 1. The molecule has 2 aromatic rings. The van der Waals surface area contributed by atoms with Crippen LogP contribution in [0.15, 0.2) is 24.3 Å². The van der Waals surface area contributed by atoms with Crippen LogP contribution in [0.3, 0.4) is 0 Å². The summed E-state index contributed by atoms with van der Waals surface area (Å²) in [4.78, 5) is 7.59. The van der Waals surface area contributed by atoms with Crippen molar-refractivity contribution in [3.8, 4) is 0 Å². The lowest BCUT2D eigenvalue weighted by Crippen LogP contribution is -2.30. The molecule has 0 N–H and O–H groups in total. The molecule has 1 saturated heterocycles. The monoisotopic (exact) mass is 285 g/mol. The zero-order valence-corrected chi connectivity index (χ0v) is 13.5. The third-order valence-corrected chi connectivity index (χ3v) is 5.13. The van der Waals surface area contributed by atoms with Gasteiger partial charge in [-0.3, -0.25) is 4.90 Å². The van der Waals surface area contributed by atoms with Crippen LogP contribution < -0.4 is 0 Å². The molecule has 1 aliphatic rings. The number of imidazole rings is 1. The van der Waals surface area contributed by atoms with Gasteiger partial charge in [0.25, 0.3) is 0 Å². The Labute approximate surface area is 128 Å². The topological polar surface area (TPSA) is 21.1 Å². The van der Waals surface area contributed by atoms with Crippen LogP contribution in [0.1, 0.15) is 51.4 Å². The zero-order valence-electron chi connectivity index (χ0n) is 13.5. The van der Waals surface area contributed by atoms with Gasteiger partial charge in [0.1, 0.15) is 5.82 Å². The highest BCUT2D eigenvalue weighted by atomic mass is 15.2. The first kappa shape index (κ1) is 14.6. The van der Waals surface area contributed by atoms with Crippen LogP contribution in [-0.2, 0) is 7.05 Å². The number of aromatic nitrogens is 2. The first-order valence-corrected chi connectivity index (χ1v) is 8.40. The quantitative estimate of drug-likeness (QED) is 0.823. The van der Waals surface area contributed by atoms with Crippen LogP contribution in [0.25, 0.3) is 11.0 Å². The van der Waals surface area contributed by atoms with Gasteiger partial charge in [-0.05, 0) is 37.4 Å². The van der Waals surface area contributed by atoms with Crippen molar-refractivity contribution in [1.29, 1.82) is 0 Å². The lowest BCUT2D eigenvalue weighted by atomic mass is 10.0. The molecule has 1 aliphatic heterocycles. The zero-order chi connectivity index (χ0) is 14.8. The van der Waals surface area contributed by atoms with Crippen LogP contribution in [0.2, 0.25) is 0 Å². The predicted molar refractivity (Wildman–Crippen MR) is 88.3 cm³/mol. The molecule has 0 amide bonds. The number of likely N-dealkylation sites (tertiary alicyclic amines) is 1. The summed E-state index contributed by atoms with van der Waals surface area (Å²) in [7, 11) is 2.16. The number of rotatable bonds is 5. The van der Waals surface area contributed by atoms with Crippen molar-refractivity contribution in [3.63, 3.8) is 0 Å². The van der Waals surface area contributed by atoms with E-state index in [9.17, 15) is 0 Å². The Morgan fingerprint density at radius 1 is 1.24 bits per heavy atom. The molecule has 21 heavy (non-hydrogen) atoms. The van der Waals surface area contributed by atoms with E-state index in [1.54, 1.807) is 0 Å². The molecule has 1 fully saturated rings. The molecule has 1 aromatic carbocycles. The first-order valence-electron chi connectivity index (χ1n) is 8.40. The highest BCUT2D eigenvalue weighted by Gasteiger charge is 2.30. The second kappa shape index (κ2) is 6.18.